The normalized spacial score (nSPS) is 15.5. The van der Waals surface area contributed by atoms with Gasteiger partial charge in [0, 0.05) is 16.9 Å². The Hall–Kier alpha value is -3.41. The fraction of sp³-hybridized carbons (Fsp3) is 0.143. The molecular weight excluding hydrogens is 349 g/mol. The highest BCUT2D eigenvalue weighted by Gasteiger charge is 2.38. The molecule has 0 atom stereocenters. The first kappa shape index (κ1) is 18.4. The number of rotatable bonds is 4. The Morgan fingerprint density at radius 3 is 2.33 bits per heavy atom. The number of carbonyl (C=O) groups is 2. The van der Waals surface area contributed by atoms with E-state index in [0.29, 0.717) is 17.1 Å². The number of methoxy groups -OCH3 is 2. The number of allylic oxidation sites excluding steroid dienone is 1. The van der Waals surface area contributed by atoms with Crippen molar-refractivity contribution in [3.05, 3.63) is 76.8 Å². The second-order valence-corrected chi connectivity index (χ2v) is 5.87. The van der Waals surface area contributed by atoms with Gasteiger partial charge in [-0.2, -0.15) is 0 Å². The summed E-state index contributed by atoms with van der Waals surface area (Å²) in [6.07, 6.45) is 1.37. The first-order valence-corrected chi connectivity index (χ1v) is 8.22. The Kier molecular flexibility index (Phi) is 5.07. The fourth-order valence-corrected chi connectivity index (χ4v) is 2.97. The predicted octanol–water partition coefficient (Wildman–Crippen LogP) is 3.71. The number of benzene rings is 2. The van der Waals surface area contributed by atoms with Crippen molar-refractivity contribution in [3.8, 4) is 5.75 Å². The van der Waals surface area contributed by atoms with Crippen molar-refractivity contribution in [2.45, 2.75) is 6.92 Å². The molecule has 138 valence electrons. The summed E-state index contributed by atoms with van der Waals surface area (Å²) in [7, 11) is 2.79. The predicted molar refractivity (Wildman–Crippen MR) is 99.6 cm³/mol. The molecule has 0 aliphatic carbocycles. The van der Waals surface area contributed by atoms with Crippen LogP contribution < -0.4 is 9.64 Å². The van der Waals surface area contributed by atoms with Crippen molar-refractivity contribution in [1.82, 2.24) is 0 Å². The van der Waals surface area contributed by atoms with Gasteiger partial charge in [-0.1, -0.05) is 18.2 Å². The maximum atomic E-state index is 14.1. The van der Waals surface area contributed by atoms with Crippen LogP contribution in [-0.2, 0) is 14.3 Å². The zero-order valence-electron chi connectivity index (χ0n) is 15.2. The van der Waals surface area contributed by atoms with Crippen LogP contribution in [0, 0.1) is 5.82 Å². The number of carbonyl (C=O) groups excluding carboxylic acids is 2. The number of amides is 1. The van der Waals surface area contributed by atoms with Crippen LogP contribution in [-0.4, -0.2) is 26.1 Å². The van der Waals surface area contributed by atoms with Crippen LogP contribution in [0.5, 0.6) is 5.75 Å². The van der Waals surface area contributed by atoms with E-state index in [0.717, 1.165) is 0 Å². The quantitative estimate of drug-likeness (QED) is 0.611. The third-order valence-corrected chi connectivity index (χ3v) is 4.33. The molecule has 0 saturated carbocycles. The summed E-state index contributed by atoms with van der Waals surface area (Å²) in [6, 6.07) is 12.9. The van der Waals surface area contributed by atoms with Gasteiger partial charge in [0.2, 0.25) is 0 Å². The summed E-state index contributed by atoms with van der Waals surface area (Å²) < 4.78 is 24.0. The molecule has 5 nitrogen and oxygen atoms in total. The second kappa shape index (κ2) is 7.45. The van der Waals surface area contributed by atoms with Crippen molar-refractivity contribution < 1.29 is 23.5 Å². The molecule has 0 radical (unpaired) electrons. The van der Waals surface area contributed by atoms with E-state index in [-0.39, 0.29) is 16.7 Å². The SMILES string of the molecule is COC(=O)C1=C(C)N(c2ccc(OC)cc2)C(=O)/C1=C\c1ccccc1F. The molecule has 0 unspecified atom stereocenters. The number of hydrogen-bond acceptors (Lipinski definition) is 4. The third kappa shape index (κ3) is 3.33. The molecule has 3 rings (SSSR count). The molecule has 0 aromatic heterocycles. The smallest absolute Gasteiger partial charge is 0.340 e. The van der Waals surface area contributed by atoms with Crippen molar-refractivity contribution in [3.63, 3.8) is 0 Å². The van der Waals surface area contributed by atoms with E-state index in [9.17, 15) is 14.0 Å². The van der Waals surface area contributed by atoms with Crippen molar-refractivity contribution in [2.24, 2.45) is 0 Å². The molecule has 0 bridgehead atoms. The maximum absolute atomic E-state index is 14.1. The average molecular weight is 367 g/mol. The molecule has 0 saturated heterocycles. The lowest BCUT2D eigenvalue weighted by Gasteiger charge is -2.18. The number of esters is 1. The van der Waals surface area contributed by atoms with Crippen molar-refractivity contribution in [2.75, 3.05) is 19.1 Å². The van der Waals surface area contributed by atoms with Gasteiger partial charge in [-0.3, -0.25) is 9.69 Å². The van der Waals surface area contributed by atoms with E-state index < -0.39 is 17.7 Å². The van der Waals surface area contributed by atoms with E-state index in [1.165, 1.54) is 30.2 Å². The van der Waals surface area contributed by atoms with Crippen LogP contribution in [0.4, 0.5) is 10.1 Å². The Morgan fingerprint density at radius 2 is 1.74 bits per heavy atom. The van der Waals surface area contributed by atoms with Gasteiger partial charge in [-0.05, 0) is 43.3 Å². The summed E-state index contributed by atoms with van der Waals surface area (Å²) >= 11 is 0. The van der Waals surface area contributed by atoms with Crippen LogP contribution >= 0.6 is 0 Å². The van der Waals surface area contributed by atoms with E-state index in [4.69, 9.17) is 9.47 Å². The minimum absolute atomic E-state index is 0.0836. The van der Waals surface area contributed by atoms with Gasteiger partial charge in [-0.15, -0.1) is 0 Å². The Balaban J connectivity index is 2.13. The zero-order chi connectivity index (χ0) is 19.6. The van der Waals surface area contributed by atoms with Crippen molar-refractivity contribution >= 4 is 23.6 Å². The van der Waals surface area contributed by atoms with Gasteiger partial charge in [-0.25, -0.2) is 9.18 Å². The van der Waals surface area contributed by atoms with Gasteiger partial charge in [0.05, 0.1) is 25.4 Å². The van der Waals surface area contributed by atoms with Gasteiger partial charge in [0.15, 0.2) is 0 Å². The van der Waals surface area contributed by atoms with Gasteiger partial charge in [0.25, 0.3) is 5.91 Å². The summed E-state index contributed by atoms with van der Waals surface area (Å²) in [5, 5.41) is 0. The number of anilines is 1. The van der Waals surface area contributed by atoms with Crippen LogP contribution in [0.3, 0.4) is 0 Å². The maximum Gasteiger partial charge on any atom is 0.340 e. The first-order chi connectivity index (χ1) is 13.0. The largest absolute Gasteiger partial charge is 0.497 e. The molecule has 1 aliphatic rings. The highest BCUT2D eigenvalue weighted by Crippen LogP contribution is 2.36. The summed E-state index contributed by atoms with van der Waals surface area (Å²) in [5.41, 5.74) is 1.39. The molecule has 0 N–H and O–H groups in total. The first-order valence-electron chi connectivity index (χ1n) is 8.22. The van der Waals surface area contributed by atoms with Crippen LogP contribution in [0.25, 0.3) is 6.08 Å². The number of halogens is 1. The van der Waals surface area contributed by atoms with E-state index in [1.54, 1.807) is 50.4 Å². The molecule has 0 spiro atoms. The second-order valence-electron chi connectivity index (χ2n) is 5.87. The number of ether oxygens (including phenoxy) is 2. The molecule has 27 heavy (non-hydrogen) atoms. The lowest BCUT2D eigenvalue weighted by molar-refractivity contribution is -0.136. The summed E-state index contributed by atoms with van der Waals surface area (Å²) in [5.74, 6) is -0.925. The molecular formula is C21H18FNO4. The highest BCUT2D eigenvalue weighted by atomic mass is 19.1. The minimum Gasteiger partial charge on any atom is -0.497 e. The van der Waals surface area contributed by atoms with Crippen molar-refractivity contribution in [1.29, 1.82) is 0 Å². The standard InChI is InChI=1S/C21H18FNO4/c1-13-19(21(25)27-3)17(12-14-6-4-5-7-18(14)22)20(24)23(13)15-8-10-16(26-2)11-9-15/h4-12H,1-3H3/b17-12-. The van der Waals surface area contributed by atoms with Gasteiger partial charge >= 0.3 is 5.97 Å². The van der Waals surface area contributed by atoms with Gasteiger partial charge in [0.1, 0.15) is 11.6 Å². The zero-order valence-corrected chi connectivity index (χ0v) is 15.2. The van der Waals surface area contributed by atoms with E-state index >= 15 is 0 Å². The molecule has 0 fully saturated rings. The molecule has 2 aromatic carbocycles. The topological polar surface area (TPSA) is 55.8 Å². The summed E-state index contributed by atoms with van der Waals surface area (Å²) in [4.78, 5) is 26.8. The van der Waals surface area contributed by atoms with E-state index in [1.807, 2.05) is 0 Å². The lowest BCUT2D eigenvalue weighted by atomic mass is 10.0. The van der Waals surface area contributed by atoms with Crippen LogP contribution in [0.1, 0.15) is 12.5 Å². The van der Waals surface area contributed by atoms with Crippen LogP contribution in [0.2, 0.25) is 0 Å². The Labute approximate surface area is 156 Å². The van der Waals surface area contributed by atoms with E-state index in [2.05, 4.69) is 0 Å². The average Bonchev–Trinajstić information content (AvgIpc) is 2.93. The Morgan fingerprint density at radius 1 is 1.07 bits per heavy atom. The third-order valence-electron chi connectivity index (χ3n) is 4.33. The molecule has 2 aromatic rings. The molecule has 1 aliphatic heterocycles. The lowest BCUT2D eigenvalue weighted by Crippen LogP contribution is -2.24. The molecule has 1 amide bonds. The highest BCUT2D eigenvalue weighted by molar-refractivity contribution is 6.23. The number of nitrogens with zero attached hydrogens (tertiary/aromatic N) is 1. The monoisotopic (exact) mass is 367 g/mol. The van der Waals surface area contributed by atoms with Crippen LogP contribution in [0.15, 0.2) is 65.4 Å². The molecule has 1 heterocycles. The minimum atomic E-state index is -0.653. The van der Waals surface area contributed by atoms with Gasteiger partial charge < -0.3 is 9.47 Å². The Bertz CT molecular complexity index is 960. The number of hydrogen-bond donors (Lipinski definition) is 0. The molecule has 6 heteroatoms. The fourth-order valence-electron chi connectivity index (χ4n) is 2.97. The summed E-state index contributed by atoms with van der Waals surface area (Å²) in [6.45, 7) is 1.65.